The van der Waals surface area contributed by atoms with Gasteiger partial charge in [0, 0.05) is 22.3 Å². The van der Waals surface area contributed by atoms with E-state index in [2.05, 4.69) is 54.6 Å². The molecule has 1 aliphatic rings. The molecule has 0 atom stereocenters. The summed E-state index contributed by atoms with van der Waals surface area (Å²) in [7, 11) is 0. The summed E-state index contributed by atoms with van der Waals surface area (Å²) >= 11 is 0. The minimum absolute atomic E-state index is 0.0689. The summed E-state index contributed by atoms with van der Waals surface area (Å²) in [5.74, 6) is 0.0689. The number of benzene rings is 5. The van der Waals surface area contributed by atoms with Crippen molar-refractivity contribution >= 4 is 38.8 Å². The predicted octanol–water partition coefficient (Wildman–Crippen LogP) is 7.94. The Kier molecular flexibility index (Phi) is 5.01. The van der Waals surface area contributed by atoms with Gasteiger partial charge in [0.15, 0.2) is 5.78 Å². The quantitative estimate of drug-likeness (QED) is 0.280. The normalized spacial score (nSPS) is 13.7. The minimum atomic E-state index is 0.0689. The van der Waals surface area contributed by atoms with Crippen LogP contribution < -0.4 is 0 Å². The number of fused-ring (bicyclic) bond motifs is 1. The summed E-state index contributed by atoms with van der Waals surface area (Å²) < 4.78 is 0. The van der Waals surface area contributed by atoms with Crippen LogP contribution in [0.5, 0.6) is 0 Å². The highest BCUT2D eigenvalue weighted by molar-refractivity contribution is 6.59. The van der Waals surface area contributed by atoms with Crippen molar-refractivity contribution in [2.24, 2.45) is 0 Å². The molecule has 0 saturated carbocycles. The van der Waals surface area contributed by atoms with E-state index >= 15 is 0 Å². The van der Waals surface area contributed by atoms with Crippen molar-refractivity contribution in [3.05, 3.63) is 156 Å². The maximum absolute atomic E-state index is 14.2. The molecular formula is C33H22O. The van der Waals surface area contributed by atoms with Crippen LogP contribution in [0.1, 0.15) is 22.3 Å². The minimum Gasteiger partial charge on any atom is -0.289 e. The smallest absolute Gasteiger partial charge is 0.195 e. The average Bonchev–Trinajstić information content (AvgIpc) is 3.22. The Labute approximate surface area is 199 Å². The van der Waals surface area contributed by atoms with Crippen molar-refractivity contribution in [2.75, 3.05) is 0 Å². The van der Waals surface area contributed by atoms with E-state index in [0.717, 1.165) is 49.9 Å². The fourth-order valence-corrected chi connectivity index (χ4v) is 4.89. The number of carbonyl (C=O) groups is 1. The Morgan fingerprint density at radius 2 is 0.735 bits per heavy atom. The van der Waals surface area contributed by atoms with E-state index in [9.17, 15) is 4.79 Å². The van der Waals surface area contributed by atoms with E-state index in [0.29, 0.717) is 0 Å². The maximum atomic E-state index is 14.2. The average molecular weight is 435 g/mol. The zero-order chi connectivity index (χ0) is 22.9. The molecule has 1 aliphatic carbocycles. The molecule has 0 fully saturated rings. The third-order valence-corrected chi connectivity index (χ3v) is 6.43. The monoisotopic (exact) mass is 434 g/mol. The summed E-state index contributed by atoms with van der Waals surface area (Å²) in [6.07, 6.45) is 0. The van der Waals surface area contributed by atoms with Crippen molar-refractivity contribution in [3.8, 4) is 0 Å². The lowest BCUT2D eigenvalue weighted by Crippen LogP contribution is -2.01. The molecule has 0 spiro atoms. The SMILES string of the molecule is O=C1C(c2ccccc2)=C(c2ccccc2)C(c2ccc3ccccc3c2)=C1c1ccccc1. The highest BCUT2D eigenvalue weighted by atomic mass is 16.1. The van der Waals surface area contributed by atoms with Gasteiger partial charge < -0.3 is 0 Å². The summed E-state index contributed by atoms with van der Waals surface area (Å²) in [6, 6.07) is 45.2. The molecule has 0 saturated heterocycles. The predicted molar refractivity (Wildman–Crippen MR) is 142 cm³/mol. The molecule has 160 valence electrons. The van der Waals surface area contributed by atoms with Gasteiger partial charge in [-0.15, -0.1) is 0 Å². The van der Waals surface area contributed by atoms with E-state index in [-0.39, 0.29) is 5.78 Å². The molecule has 0 aliphatic heterocycles. The Hall–Kier alpha value is -4.49. The number of carbonyl (C=O) groups excluding carboxylic acids is 1. The van der Waals surface area contributed by atoms with Crippen LogP contribution >= 0.6 is 0 Å². The molecule has 0 unspecified atom stereocenters. The molecule has 0 radical (unpaired) electrons. The molecule has 0 aromatic heterocycles. The lowest BCUT2D eigenvalue weighted by molar-refractivity contribution is -0.108. The standard InChI is InChI=1S/C33H22O/c34-33-31(25-15-6-2-7-16-25)29(24-13-4-1-5-14-24)30(32(33)26-17-8-3-9-18-26)28-21-20-23-12-10-11-19-27(23)22-28/h1-22H. The number of Topliss-reactive ketones (excluding diaryl/α,β-unsaturated/α-hetero) is 1. The molecular weight excluding hydrogens is 412 g/mol. The number of hydrogen-bond donors (Lipinski definition) is 0. The summed E-state index contributed by atoms with van der Waals surface area (Å²) in [4.78, 5) is 14.2. The zero-order valence-corrected chi connectivity index (χ0v) is 18.6. The van der Waals surface area contributed by atoms with Gasteiger partial charge in [0.2, 0.25) is 0 Å². The van der Waals surface area contributed by atoms with Crippen LogP contribution in [0.15, 0.2) is 133 Å². The fraction of sp³-hybridized carbons (Fsp3) is 0. The first-order chi connectivity index (χ1) is 16.8. The molecule has 5 aromatic rings. The van der Waals surface area contributed by atoms with Crippen molar-refractivity contribution in [2.45, 2.75) is 0 Å². The van der Waals surface area contributed by atoms with Crippen molar-refractivity contribution in [1.82, 2.24) is 0 Å². The number of allylic oxidation sites excluding steroid dienone is 4. The van der Waals surface area contributed by atoms with Crippen LogP contribution in [-0.4, -0.2) is 5.78 Å². The van der Waals surface area contributed by atoms with E-state index in [1.54, 1.807) is 0 Å². The van der Waals surface area contributed by atoms with E-state index in [1.807, 2.05) is 78.9 Å². The van der Waals surface area contributed by atoms with Crippen molar-refractivity contribution in [1.29, 1.82) is 0 Å². The van der Waals surface area contributed by atoms with Crippen LogP contribution in [0.25, 0.3) is 33.1 Å². The van der Waals surface area contributed by atoms with Crippen LogP contribution in [0.2, 0.25) is 0 Å². The lowest BCUT2D eigenvalue weighted by atomic mass is 9.88. The van der Waals surface area contributed by atoms with E-state index in [4.69, 9.17) is 0 Å². The Morgan fingerprint density at radius 1 is 0.324 bits per heavy atom. The second-order valence-electron chi connectivity index (χ2n) is 8.49. The second-order valence-corrected chi connectivity index (χ2v) is 8.49. The largest absolute Gasteiger partial charge is 0.289 e. The van der Waals surface area contributed by atoms with Gasteiger partial charge in [-0.1, -0.05) is 127 Å². The first-order valence-corrected chi connectivity index (χ1v) is 11.5. The molecule has 1 heteroatoms. The van der Waals surface area contributed by atoms with E-state index < -0.39 is 0 Å². The van der Waals surface area contributed by atoms with Crippen LogP contribution in [-0.2, 0) is 4.79 Å². The van der Waals surface area contributed by atoms with Crippen molar-refractivity contribution in [3.63, 3.8) is 0 Å². The second kappa shape index (κ2) is 8.46. The number of ketones is 1. The van der Waals surface area contributed by atoms with Gasteiger partial charge >= 0.3 is 0 Å². The van der Waals surface area contributed by atoms with Crippen LogP contribution in [0.4, 0.5) is 0 Å². The van der Waals surface area contributed by atoms with Crippen LogP contribution in [0, 0.1) is 0 Å². The topological polar surface area (TPSA) is 17.1 Å². The first-order valence-electron chi connectivity index (χ1n) is 11.5. The molecule has 5 aromatic carbocycles. The fourth-order valence-electron chi connectivity index (χ4n) is 4.89. The van der Waals surface area contributed by atoms with Gasteiger partial charge in [0.05, 0.1) is 0 Å². The summed E-state index contributed by atoms with van der Waals surface area (Å²) in [6.45, 7) is 0. The van der Waals surface area contributed by atoms with Gasteiger partial charge in [0.1, 0.15) is 0 Å². The Bertz CT molecular complexity index is 1570. The Morgan fingerprint density at radius 3 is 1.26 bits per heavy atom. The molecule has 0 N–H and O–H groups in total. The van der Waals surface area contributed by atoms with Gasteiger partial charge in [0.25, 0.3) is 0 Å². The molecule has 0 amide bonds. The van der Waals surface area contributed by atoms with Gasteiger partial charge in [-0.25, -0.2) is 0 Å². The molecule has 0 bridgehead atoms. The van der Waals surface area contributed by atoms with E-state index in [1.165, 1.54) is 5.39 Å². The third-order valence-electron chi connectivity index (χ3n) is 6.43. The highest BCUT2D eigenvalue weighted by Gasteiger charge is 2.35. The van der Waals surface area contributed by atoms with Gasteiger partial charge in [-0.2, -0.15) is 0 Å². The zero-order valence-electron chi connectivity index (χ0n) is 18.6. The highest BCUT2D eigenvalue weighted by Crippen LogP contribution is 2.49. The number of rotatable bonds is 4. The Balaban J connectivity index is 1.71. The molecule has 1 nitrogen and oxygen atoms in total. The summed E-state index contributed by atoms with van der Waals surface area (Å²) in [5.41, 5.74) is 7.48. The third kappa shape index (κ3) is 3.39. The van der Waals surface area contributed by atoms with Crippen LogP contribution in [0.3, 0.4) is 0 Å². The molecule has 34 heavy (non-hydrogen) atoms. The molecule has 6 rings (SSSR count). The van der Waals surface area contributed by atoms with Gasteiger partial charge in [-0.05, 0) is 39.1 Å². The van der Waals surface area contributed by atoms with Gasteiger partial charge in [-0.3, -0.25) is 4.79 Å². The maximum Gasteiger partial charge on any atom is 0.195 e. The van der Waals surface area contributed by atoms with Crippen molar-refractivity contribution < 1.29 is 4.79 Å². The first kappa shape index (κ1) is 20.1. The molecule has 0 heterocycles. The summed E-state index contributed by atoms with van der Waals surface area (Å²) in [5, 5.41) is 2.35. The lowest BCUT2D eigenvalue weighted by Gasteiger charge is -2.14. The number of hydrogen-bond acceptors (Lipinski definition) is 1.